The van der Waals surface area contributed by atoms with Crippen molar-refractivity contribution < 1.29 is 53.3 Å². The molecular weight excluding hydrogens is 418 g/mol. The van der Waals surface area contributed by atoms with Crippen LogP contribution in [0.3, 0.4) is 0 Å². The summed E-state index contributed by atoms with van der Waals surface area (Å²) in [4.78, 5) is 2.45. The Labute approximate surface area is 148 Å². The number of hydrogen-bond acceptors (Lipinski definition) is 2. The molecule has 3 aliphatic rings. The van der Waals surface area contributed by atoms with Crippen molar-refractivity contribution in [1.82, 2.24) is 0 Å². The van der Waals surface area contributed by atoms with Gasteiger partial charge in [-0.1, -0.05) is 0 Å². The van der Waals surface area contributed by atoms with E-state index >= 15 is 0 Å². The Morgan fingerprint density at radius 1 is 1.20 bits per heavy atom. The molecule has 1 aromatic carbocycles. The van der Waals surface area contributed by atoms with Crippen molar-refractivity contribution in [1.29, 1.82) is 0 Å². The second-order valence-electron chi connectivity index (χ2n) is 5.15. The van der Waals surface area contributed by atoms with Crippen LogP contribution in [0.2, 0.25) is 0 Å². The largest absolute Gasteiger partial charge is 1.00 e. The maximum absolute atomic E-state index is 11.4. The van der Waals surface area contributed by atoms with Crippen LogP contribution < -0.4 is 33.6 Å². The molecule has 20 heavy (non-hydrogen) atoms. The van der Waals surface area contributed by atoms with Gasteiger partial charge in [0.2, 0.25) is 0 Å². The normalized spacial score (nSPS) is 17.8. The Morgan fingerprint density at radius 2 is 1.95 bits per heavy atom. The van der Waals surface area contributed by atoms with E-state index in [1.807, 2.05) is 0 Å². The number of fused-ring (bicyclic) bond motifs is 2. The molecule has 0 bridgehead atoms. The monoisotopic (exact) mass is 431 g/mol. The second-order valence-corrected chi connectivity index (χ2v) is 5.15. The van der Waals surface area contributed by atoms with Crippen LogP contribution in [0.25, 0.3) is 6.08 Å². The summed E-state index contributed by atoms with van der Waals surface area (Å²) in [5.41, 5.74) is 7.63. The van der Waals surface area contributed by atoms with Crippen molar-refractivity contribution in [3.8, 4) is 5.75 Å². The van der Waals surface area contributed by atoms with Gasteiger partial charge in [-0.15, -0.1) is 0 Å². The predicted molar refractivity (Wildman–Crippen MR) is 68.1 cm³/mol. The molecule has 101 valence electrons. The molecule has 0 aromatic heterocycles. The Morgan fingerprint density at radius 3 is 2.75 bits per heavy atom. The molecular formula is C15H14INO2Zn-. The van der Waals surface area contributed by atoms with Gasteiger partial charge in [-0.25, -0.2) is 5.11 Å². The number of aryl methyl sites for hydroxylation is 1. The maximum Gasteiger partial charge on any atom is 0.381 e. The topological polar surface area (TPSA) is 32.4 Å². The fourth-order valence-electron chi connectivity index (χ4n) is 3.34. The standard InChI is InChI=1S/C15H14NO2.HI.Zn/c17-13-6-5-11-9-10-3-1-7-16-8-2-4-12(14(10)16)15(11)18-13;;/h5,9H,1-4,7-8H2;1H;/p-1. The first-order valence-electron chi connectivity index (χ1n) is 6.58. The third-order valence-corrected chi connectivity index (χ3v) is 4.04. The summed E-state index contributed by atoms with van der Waals surface area (Å²) in [6.45, 7) is 2.27. The van der Waals surface area contributed by atoms with Crippen LogP contribution in [0.5, 0.6) is 5.75 Å². The molecule has 0 spiro atoms. The summed E-state index contributed by atoms with van der Waals surface area (Å²) in [7, 11) is 0. The van der Waals surface area contributed by atoms with Gasteiger partial charge in [0.05, 0.1) is 0 Å². The number of ether oxygens (including phenoxy) is 1. The summed E-state index contributed by atoms with van der Waals surface area (Å²) >= 11 is 0. The molecule has 0 atom stereocenters. The van der Waals surface area contributed by atoms with E-state index < -0.39 is 0 Å². The van der Waals surface area contributed by atoms with Crippen LogP contribution >= 0.6 is 0 Å². The van der Waals surface area contributed by atoms with E-state index in [2.05, 4.69) is 16.7 Å². The van der Waals surface area contributed by atoms with E-state index in [0.717, 1.165) is 43.7 Å². The van der Waals surface area contributed by atoms with Gasteiger partial charge in [-0.05, 0) is 49.1 Å². The number of rotatable bonds is 0. The van der Waals surface area contributed by atoms with Crippen LogP contribution in [0.1, 0.15) is 29.5 Å². The molecule has 0 unspecified atom stereocenters. The molecule has 3 heterocycles. The Kier molecular flexibility index (Phi) is 4.83. The zero-order chi connectivity index (χ0) is 12.1. The van der Waals surface area contributed by atoms with E-state index in [-0.39, 0.29) is 49.4 Å². The van der Waals surface area contributed by atoms with Gasteiger partial charge in [0.25, 0.3) is 0 Å². The zero-order valence-electron chi connectivity index (χ0n) is 11.2. The quantitative estimate of drug-likeness (QED) is 0.319. The van der Waals surface area contributed by atoms with E-state index in [4.69, 9.17) is 4.74 Å². The minimum absolute atomic E-state index is 0. The molecule has 0 N–H and O–H groups in total. The average molecular weight is 433 g/mol. The van der Waals surface area contributed by atoms with Crippen LogP contribution in [0.15, 0.2) is 17.7 Å². The molecule has 0 saturated carbocycles. The van der Waals surface area contributed by atoms with Crippen LogP contribution in [0, 0.1) is 0 Å². The fourth-order valence-corrected chi connectivity index (χ4v) is 3.34. The van der Waals surface area contributed by atoms with Gasteiger partial charge < -0.3 is 33.6 Å². The third kappa shape index (κ3) is 2.40. The van der Waals surface area contributed by atoms with Crippen molar-refractivity contribution in [2.45, 2.75) is 25.7 Å². The zero-order valence-corrected chi connectivity index (χ0v) is 16.4. The molecule has 0 aliphatic carbocycles. The number of benzene rings is 1. The van der Waals surface area contributed by atoms with Crippen molar-refractivity contribution in [3.63, 3.8) is 0 Å². The van der Waals surface area contributed by atoms with Gasteiger partial charge in [0.1, 0.15) is 5.75 Å². The summed E-state index contributed by atoms with van der Waals surface area (Å²) in [6.07, 6.45) is 6.29. The molecule has 5 heteroatoms. The Bertz CT molecular complexity index is 606. The smallest absolute Gasteiger partial charge is 0.381 e. The second kappa shape index (κ2) is 6.09. The first-order chi connectivity index (χ1) is 8.83. The van der Waals surface area contributed by atoms with E-state index in [1.165, 1.54) is 23.2 Å². The SMILES string of the molecule is [I-].[O]C1=C=Cc2cc3c4c(c2O1)CCCN4CCC3.[Zn]. The minimum atomic E-state index is -0.369. The summed E-state index contributed by atoms with van der Waals surface area (Å²) in [6, 6.07) is 2.17. The summed E-state index contributed by atoms with van der Waals surface area (Å²) in [5.74, 6) is 0.413. The van der Waals surface area contributed by atoms with Gasteiger partial charge in [-0.3, -0.25) is 0 Å². The van der Waals surface area contributed by atoms with Crippen molar-refractivity contribution in [2.24, 2.45) is 0 Å². The van der Waals surface area contributed by atoms with Gasteiger partial charge in [0, 0.05) is 49.4 Å². The molecule has 0 fully saturated rings. The molecule has 0 amide bonds. The van der Waals surface area contributed by atoms with Crippen LogP contribution in [0.4, 0.5) is 5.69 Å². The average Bonchev–Trinajstić information content (AvgIpc) is 2.40. The van der Waals surface area contributed by atoms with Crippen molar-refractivity contribution in [2.75, 3.05) is 18.0 Å². The van der Waals surface area contributed by atoms with Gasteiger partial charge in [0.15, 0.2) is 0 Å². The number of hydrogen-bond donors (Lipinski definition) is 0. The third-order valence-electron chi connectivity index (χ3n) is 4.04. The first-order valence-corrected chi connectivity index (χ1v) is 6.58. The fraction of sp³-hybridized carbons (Fsp3) is 0.400. The van der Waals surface area contributed by atoms with Crippen molar-refractivity contribution in [3.05, 3.63) is 34.4 Å². The molecule has 3 nitrogen and oxygen atoms in total. The molecule has 1 aromatic rings. The van der Waals surface area contributed by atoms with Crippen LogP contribution in [-0.2, 0) is 37.4 Å². The minimum Gasteiger partial charge on any atom is -1.00 e. The number of anilines is 1. The molecule has 1 radical (unpaired) electrons. The Balaban J connectivity index is 0.000000735. The Hall–Kier alpha value is -0.507. The number of halogens is 1. The van der Waals surface area contributed by atoms with Gasteiger partial charge >= 0.3 is 5.95 Å². The van der Waals surface area contributed by atoms with Crippen LogP contribution in [-0.4, -0.2) is 13.1 Å². The van der Waals surface area contributed by atoms with E-state index in [9.17, 15) is 5.11 Å². The predicted octanol–water partition coefficient (Wildman–Crippen LogP) is -0.337. The van der Waals surface area contributed by atoms with Gasteiger partial charge in [-0.2, -0.15) is 0 Å². The maximum atomic E-state index is 11.4. The van der Waals surface area contributed by atoms with Crippen molar-refractivity contribution >= 4 is 11.8 Å². The summed E-state index contributed by atoms with van der Waals surface area (Å²) < 4.78 is 5.39. The molecule has 4 rings (SSSR count). The molecule has 3 aliphatic heterocycles. The molecule has 0 saturated heterocycles. The summed E-state index contributed by atoms with van der Waals surface area (Å²) in [5, 5.41) is 11.4. The van der Waals surface area contributed by atoms with E-state index in [0.29, 0.717) is 0 Å². The number of nitrogens with zero attached hydrogens (tertiary/aromatic N) is 1. The van der Waals surface area contributed by atoms with E-state index in [1.54, 1.807) is 6.08 Å². The first kappa shape index (κ1) is 15.9.